The van der Waals surface area contributed by atoms with Crippen LogP contribution in [0.1, 0.15) is 44.6 Å². The number of primary amides is 1. The van der Waals surface area contributed by atoms with Gasteiger partial charge in [-0.1, -0.05) is 49.4 Å². The number of nitrogens with one attached hydrogen (secondary N) is 1. The van der Waals surface area contributed by atoms with E-state index in [0.717, 1.165) is 22.7 Å². The van der Waals surface area contributed by atoms with Crippen LogP contribution in [0.5, 0.6) is 0 Å². The summed E-state index contributed by atoms with van der Waals surface area (Å²) in [5, 5.41) is 2.82. The van der Waals surface area contributed by atoms with Crippen molar-refractivity contribution in [3.8, 4) is 0 Å². The van der Waals surface area contributed by atoms with Crippen LogP contribution in [0.3, 0.4) is 0 Å². The highest BCUT2D eigenvalue weighted by Gasteiger charge is 2.32. The predicted octanol–water partition coefficient (Wildman–Crippen LogP) is 2.74. The number of carbonyl (C=O) groups is 3. The van der Waals surface area contributed by atoms with Crippen LogP contribution in [0.2, 0.25) is 0 Å². The summed E-state index contributed by atoms with van der Waals surface area (Å²) in [6.45, 7) is 2.23. The molecule has 10 heteroatoms. The Morgan fingerprint density at radius 2 is 1.76 bits per heavy atom. The third kappa shape index (κ3) is 5.96. The SMILES string of the molecule is CC[C@@H](C(=O)NCc1ccc(F)cc1)N(CCc1ccccc1)C(=O)c1snc(C(N)=O)c1N. The lowest BCUT2D eigenvalue weighted by molar-refractivity contribution is -0.126. The highest BCUT2D eigenvalue weighted by molar-refractivity contribution is 7.09. The fraction of sp³-hybridized carbons (Fsp3) is 0.250. The van der Waals surface area contributed by atoms with Crippen molar-refractivity contribution < 1.29 is 18.8 Å². The smallest absolute Gasteiger partial charge is 0.270 e. The summed E-state index contributed by atoms with van der Waals surface area (Å²) in [5.41, 5.74) is 12.7. The molecule has 0 aliphatic heterocycles. The number of halogens is 1. The Morgan fingerprint density at radius 1 is 1.09 bits per heavy atom. The molecule has 0 bridgehead atoms. The zero-order chi connectivity index (χ0) is 24.7. The van der Waals surface area contributed by atoms with E-state index in [1.165, 1.54) is 17.0 Å². The van der Waals surface area contributed by atoms with E-state index < -0.39 is 17.9 Å². The first-order valence-electron chi connectivity index (χ1n) is 10.7. The molecule has 0 aliphatic carbocycles. The van der Waals surface area contributed by atoms with Crippen molar-refractivity contribution in [1.82, 2.24) is 14.6 Å². The molecular formula is C24H26FN5O3S. The molecule has 34 heavy (non-hydrogen) atoms. The summed E-state index contributed by atoms with van der Waals surface area (Å²) in [6, 6.07) is 14.6. The molecular weight excluding hydrogens is 457 g/mol. The third-order valence-corrected chi connectivity index (χ3v) is 6.20. The van der Waals surface area contributed by atoms with Crippen LogP contribution in [0.4, 0.5) is 10.1 Å². The molecule has 178 valence electrons. The second-order valence-electron chi connectivity index (χ2n) is 7.64. The van der Waals surface area contributed by atoms with Gasteiger partial charge in [-0.15, -0.1) is 0 Å². The van der Waals surface area contributed by atoms with E-state index in [1.54, 1.807) is 19.1 Å². The molecule has 3 aromatic rings. The lowest BCUT2D eigenvalue weighted by Crippen LogP contribution is -2.50. The normalized spacial score (nSPS) is 11.6. The van der Waals surface area contributed by atoms with E-state index in [1.807, 2.05) is 30.3 Å². The van der Waals surface area contributed by atoms with E-state index in [2.05, 4.69) is 9.69 Å². The van der Waals surface area contributed by atoms with Gasteiger partial charge in [-0.05, 0) is 47.6 Å². The average molecular weight is 484 g/mol. The van der Waals surface area contributed by atoms with Crippen molar-refractivity contribution in [3.63, 3.8) is 0 Å². The first-order valence-corrected chi connectivity index (χ1v) is 11.5. The first-order chi connectivity index (χ1) is 16.3. The average Bonchev–Trinajstić information content (AvgIpc) is 3.23. The van der Waals surface area contributed by atoms with Crippen molar-refractivity contribution in [2.45, 2.75) is 32.4 Å². The van der Waals surface area contributed by atoms with Crippen molar-refractivity contribution in [1.29, 1.82) is 0 Å². The molecule has 3 rings (SSSR count). The summed E-state index contributed by atoms with van der Waals surface area (Å²) in [4.78, 5) is 39.6. The molecule has 5 N–H and O–H groups in total. The van der Waals surface area contributed by atoms with Crippen molar-refractivity contribution in [3.05, 3.63) is 82.1 Å². The van der Waals surface area contributed by atoms with Gasteiger partial charge < -0.3 is 21.7 Å². The molecule has 2 aromatic carbocycles. The maximum atomic E-state index is 13.5. The minimum Gasteiger partial charge on any atom is -0.395 e. The number of carbonyl (C=O) groups excluding carboxylic acids is 3. The van der Waals surface area contributed by atoms with E-state index in [0.29, 0.717) is 12.8 Å². The molecule has 1 atom stereocenters. The largest absolute Gasteiger partial charge is 0.395 e. The van der Waals surface area contributed by atoms with Crippen molar-refractivity contribution in [2.24, 2.45) is 5.73 Å². The van der Waals surface area contributed by atoms with E-state index >= 15 is 0 Å². The highest BCUT2D eigenvalue weighted by Crippen LogP contribution is 2.25. The number of rotatable bonds is 10. The van der Waals surface area contributed by atoms with Gasteiger partial charge in [-0.3, -0.25) is 14.4 Å². The second kappa shape index (κ2) is 11.4. The van der Waals surface area contributed by atoms with Crippen LogP contribution in [-0.2, 0) is 17.8 Å². The molecule has 1 heterocycles. The monoisotopic (exact) mass is 483 g/mol. The number of aromatic nitrogens is 1. The zero-order valence-corrected chi connectivity index (χ0v) is 19.5. The summed E-state index contributed by atoms with van der Waals surface area (Å²) in [5.74, 6) is -2.04. The van der Waals surface area contributed by atoms with E-state index in [9.17, 15) is 18.8 Å². The second-order valence-corrected chi connectivity index (χ2v) is 8.41. The molecule has 1 aromatic heterocycles. The van der Waals surface area contributed by atoms with Crippen LogP contribution in [0, 0.1) is 5.82 Å². The number of hydrogen-bond acceptors (Lipinski definition) is 6. The van der Waals surface area contributed by atoms with Gasteiger partial charge in [0.05, 0.1) is 5.69 Å². The van der Waals surface area contributed by atoms with E-state index in [4.69, 9.17) is 11.5 Å². The van der Waals surface area contributed by atoms with Crippen molar-refractivity contribution >= 4 is 34.9 Å². The molecule has 0 aliphatic rings. The molecule has 3 amide bonds. The summed E-state index contributed by atoms with van der Waals surface area (Å²) in [6.07, 6.45) is 0.854. The topological polar surface area (TPSA) is 131 Å². The highest BCUT2D eigenvalue weighted by atomic mass is 32.1. The van der Waals surface area contributed by atoms with Gasteiger partial charge in [0.15, 0.2) is 5.69 Å². The lowest BCUT2D eigenvalue weighted by atomic mass is 10.1. The molecule has 8 nitrogen and oxygen atoms in total. The predicted molar refractivity (Wildman–Crippen MR) is 129 cm³/mol. The summed E-state index contributed by atoms with van der Waals surface area (Å²) in [7, 11) is 0. The third-order valence-electron chi connectivity index (χ3n) is 5.35. The van der Waals surface area contributed by atoms with Crippen LogP contribution in [0.15, 0.2) is 54.6 Å². The van der Waals surface area contributed by atoms with Gasteiger partial charge in [0.1, 0.15) is 16.7 Å². The molecule has 0 unspecified atom stereocenters. The number of nitrogens with two attached hydrogens (primary N) is 2. The molecule has 0 spiro atoms. The van der Waals surface area contributed by atoms with Crippen LogP contribution < -0.4 is 16.8 Å². The van der Waals surface area contributed by atoms with Gasteiger partial charge in [-0.2, -0.15) is 4.37 Å². The minimum absolute atomic E-state index is 0.0617. The van der Waals surface area contributed by atoms with Gasteiger partial charge in [0.25, 0.3) is 11.8 Å². The summed E-state index contributed by atoms with van der Waals surface area (Å²) >= 11 is 0.780. The lowest BCUT2D eigenvalue weighted by Gasteiger charge is -2.30. The zero-order valence-electron chi connectivity index (χ0n) is 18.7. The Balaban J connectivity index is 1.83. The standard InChI is InChI=1S/C24H26FN5O3S/c1-2-18(23(32)28-14-16-8-10-17(25)11-9-16)30(13-12-15-6-4-3-5-7-15)24(33)21-19(26)20(22(27)31)29-34-21/h3-11,18H,2,12-14,26H2,1H3,(H2,27,31)(H,28,32)/t18-/m0/s1. The Bertz CT molecular complexity index is 1150. The maximum absolute atomic E-state index is 13.5. The van der Waals surface area contributed by atoms with Gasteiger partial charge in [0, 0.05) is 13.1 Å². The fourth-order valence-electron chi connectivity index (χ4n) is 3.51. The van der Waals surface area contributed by atoms with Crippen LogP contribution >= 0.6 is 11.5 Å². The van der Waals surface area contributed by atoms with E-state index in [-0.39, 0.29) is 41.1 Å². The van der Waals surface area contributed by atoms with Gasteiger partial charge >= 0.3 is 0 Å². The van der Waals surface area contributed by atoms with Crippen LogP contribution in [0.25, 0.3) is 0 Å². The van der Waals surface area contributed by atoms with Gasteiger partial charge in [0.2, 0.25) is 5.91 Å². The van der Waals surface area contributed by atoms with Crippen molar-refractivity contribution in [2.75, 3.05) is 12.3 Å². The number of amides is 3. The van der Waals surface area contributed by atoms with Crippen LogP contribution in [-0.4, -0.2) is 39.6 Å². The minimum atomic E-state index is -0.826. The number of anilines is 1. The number of hydrogen-bond donors (Lipinski definition) is 3. The Kier molecular flexibility index (Phi) is 8.31. The first kappa shape index (κ1) is 24.8. The molecule has 0 fully saturated rings. The number of benzene rings is 2. The number of nitrogen functional groups attached to an aromatic ring is 1. The quantitative estimate of drug-likeness (QED) is 0.408. The molecule has 0 radical (unpaired) electrons. The van der Waals surface area contributed by atoms with Gasteiger partial charge in [-0.25, -0.2) is 4.39 Å². The Labute approximate surface area is 200 Å². The Morgan fingerprint density at radius 3 is 2.35 bits per heavy atom. The fourth-order valence-corrected chi connectivity index (χ4v) is 4.27. The summed E-state index contributed by atoms with van der Waals surface area (Å²) < 4.78 is 17.1. The number of nitrogens with zero attached hydrogens (tertiary/aromatic N) is 2. The molecule has 0 saturated carbocycles. The maximum Gasteiger partial charge on any atom is 0.270 e. The Hall–Kier alpha value is -3.79. The molecule has 0 saturated heterocycles.